The number of hydrogen-bond acceptors (Lipinski definition) is 2. The normalized spacial score (nSPS) is 33.0. The molecule has 2 aliphatic rings. The molecule has 1 heterocycles. The summed E-state index contributed by atoms with van der Waals surface area (Å²) in [5, 5.41) is 3.29. The maximum absolute atomic E-state index is 12.5. The lowest BCUT2D eigenvalue weighted by Gasteiger charge is -2.45. The van der Waals surface area contributed by atoms with Gasteiger partial charge in [-0.3, -0.25) is 4.79 Å². The number of nitrogens with one attached hydrogen (secondary N) is 2. The van der Waals surface area contributed by atoms with E-state index in [1.54, 1.807) is 0 Å². The molecule has 2 saturated carbocycles. The van der Waals surface area contributed by atoms with E-state index in [1.165, 1.54) is 19.3 Å². The maximum atomic E-state index is 12.5. The molecule has 3 rings (SSSR count). The third-order valence-electron chi connectivity index (χ3n) is 5.05. The third-order valence-corrected chi connectivity index (χ3v) is 5.05. The van der Waals surface area contributed by atoms with E-state index in [4.69, 9.17) is 5.73 Å². The summed E-state index contributed by atoms with van der Waals surface area (Å²) >= 11 is 0. The van der Waals surface area contributed by atoms with Crippen molar-refractivity contribution < 1.29 is 4.79 Å². The quantitative estimate of drug-likeness (QED) is 0.775. The molecule has 0 aliphatic heterocycles. The lowest BCUT2D eigenvalue weighted by Crippen LogP contribution is -2.53. The molecule has 1 amide bonds. The molecule has 0 aromatic carbocycles. The second kappa shape index (κ2) is 5.24. The van der Waals surface area contributed by atoms with Crippen LogP contribution in [-0.2, 0) is 0 Å². The predicted molar refractivity (Wildman–Crippen MR) is 79.6 cm³/mol. The first-order chi connectivity index (χ1) is 9.54. The zero-order valence-corrected chi connectivity index (χ0v) is 12.4. The fraction of sp³-hybridized carbons (Fsp3) is 0.688. The van der Waals surface area contributed by atoms with E-state index in [0.717, 1.165) is 29.8 Å². The van der Waals surface area contributed by atoms with Crippen LogP contribution < -0.4 is 11.1 Å². The van der Waals surface area contributed by atoms with E-state index in [-0.39, 0.29) is 5.91 Å². The van der Waals surface area contributed by atoms with Gasteiger partial charge in [0.15, 0.2) is 0 Å². The molecule has 2 bridgehead atoms. The Morgan fingerprint density at radius 2 is 1.95 bits per heavy atom. The number of carbonyl (C=O) groups is 1. The first-order valence-electron chi connectivity index (χ1n) is 7.77. The van der Waals surface area contributed by atoms with Gasteiger partial charge in [-0.2, -0.15) is 0 Å². The van der Waals surface area contributed by atoms with Gasteiger partial charge in [-0.15, -0.1) is 0 Å². The first kappa shape index (κ1) is 13.7. The average molecular weight is 275 g/mol. The van der Waals surface area contributed by atoms with Crippen molar-refractivity contribution in [3.63, 3.8) is 0 Å². The molecule has 2 unspecified atom stereocenters. The topological polar surface area (TPSA) is 70.9 Å². The Kier molecular flexibility index (Phi) is 3.59. The highest BCUT2D eigenvalue weighted by atomic mass is 16.2. The highest BCUT2D eigenvalue weighted by Gasteiger charge is 2.40. The van der Waals surface area contributed by atoms with Crippen molar-refractivity contribution in [3.05, 3.63) is 23.0 Å². The summed E-state index contributed by atoms with van der Waals surface area (Å²) in [5.74, 6) is 1.18. The molecule has 2 aliphatic carbocycles. The Bertz CT molecular complexity index is 494. The molecule has 20 heavy (non-hydrogen) atoms. The number of rotatable bonds is 2. The Morgan fingerprint density at radius 1 is 1.30 bits per heavy atom. The van der Waals surface area contributed by atoms with Gasteiger partial charge < -0.3 is 16.0 Å². The summed E-state index contributed by atoms with van der Waals surface area (Å²) in [5.41, 5.74) is 8.92. The Labute approximate surface area is 120 Å². The third kappa shape index (κ3) is 2.49. The van der Waals surface area contributed by atoms with Crippen LogP contribution >= 0.6 is 0 Å². The van der Waals surface area contributed by atoms with E-state index >= 15 is 0 Å². The van der Waals surface area contributed by atoms with Gasteiger partial charge in [0.1, 0.15) is 5.69 Å². The van der Waals surface area contributed by atoms with Gasteiger partial charge in [0, 0.05) is 17.8 Å². The van der Waals surface area contributed by atoms with Gasteiger partial charge in [0.25, 0.3) is 5.91 Å². The number of nitrogens with two attached hydrogens (primary N) is 1. The minimum atomic E-state index is 0.0490. The Hall–Kier alpha value is -1.29. The first-order valence-corrected chi connectivity index (χ1v) is 7.77. The second-order valence-corrected chi connectivity index (χ2v) is 6.69. The van der Waals surface area contributed by atoms with E-state index in [2.05, 4.69) is 10.3 Å². The lowest BCUT2D eigenvalue weighted by atomic mass is 9.67. The maximum Gasteiger partial charge on any atom is 0.268 e. The summed E-state index contributed by atoms with van der Waals surface area (Å²) in [7, 11) is 0. The van der Waals surface area contributed by atoms with E-state index in [0.29, 0.717) is 23.9 Å². The van der Waals surface area contributed by atoms with Crippen LogP contribution in [0.25, 0.3) is 0 Å². The van der Waals surface area contributed by atoms with Crippen molar-refractivity contribution in [3.8, 4) is 0 Å². The molecule has 0 spiro atoms. The second-order valence-electron chi connectivity index (χ2n) is 6.69. The van der Waals surface area contributed by atoms with Crippen LogP contribution in [0.2, 0.25) is 0 Å². The van der Waals surface area contributed by atoms with E-state index in [9.17, 15) is 4.79 Å². The van der Waals surface area contributed by atoms with Crippen molar-refractivity contribution in [2.75, 3.05) is 0 Å². The average Bonchev–Trinajstić information content (AvgIpc) is 2.69. The molecule has 0 saturated heterocycles. The molecule has 2 atom stereocenters. The number of aromatic amines is 1. The molecular weight excluding hydrogens is 250 g/mol. The number of aryl methyl sites for hydroxylation is 2. The van der Waals surface area contributed by atoms with Crippen molar-refractivity contribution in [2.24, 2.45) is 17.6 Å². The van der Waals surface area contributed by atoms with Gasteiger partial charge in [-0.05, 0) is 63.0 Å². The summed E-state index contributed by atoms with van der Waals surface area (Å²) in [6, 6.07) is 2.67. The van der Waals surface area contributed by atoms with Gasteiger partial charge in [0.05, 0.1) is 0 Å². The van der Waals surface area contributed by atoms with Crippen LogP contribution in [-0.4, -0.2) is 23.0 Å². The summed E-state index contributed by atoms with van der Waals surface area (Å²) in [6.45, 7) is 3.97. The van der Waals surface area contributed by atoms with Crippen LogP contribution in [0.4, 0.5) is 0 Å². The zero-order chi connectivity index (χ0) is 14.3. The predicted octanol–water partition coefficient (Wildman–Crippen LogP) is 2.27. The molecule has 4 N–H and O–H groups in total. The molecule has 0 radical (unpaired) electrons. The number of aromatic nitrogens is 1. The van der Waals surface area contributed by atoms with Gasteiger partial charge in [-0.25, -0.2) is 0 Å². The number of H-pyrrole nitrogens is 1. The highest BCUT2D eigenvalue weighted by molar-refractivity contribution is 5.94. The van der Waals surface area contributed by atoms with Crippen LogP contribution in [0.3, 0.4) is 0 Å². The van der Waals surface area contributed by atoms with E-state index in [1.807, 2.05) is 19.9 Å². The van der Waals surface area contributed by atoms with Gasteiger partial charge in [-0.1, -0.05) is 6.42 Å². The van der Waals surface area contributed by atoms with Crippen LogP contribution in [0.1, 0.15) is 53.8 Å². The molecule has 4 heteroatoms. The minimum Gasteiger partial charge on any atom is -0.354 e. The van der Waals surface area contributed by atoms with Crippen molar-refractivity contribution in [2.45, 2.75) is 58.0 Å². The van der Waals surface area contributed by atoms with Gasteiger partial charge >= 0.3 is 0 Å². The Morgan fingerprint density at radius 3 is 2.50 bits per heavy atom. The zero-order valence-electron chi connectivity index (χ0n) is 12.4. The summed E-state index contributed by atoms with van der Waals surface area (Å²) < 4.78 is 0. The standard InChI is InChI=1S/C16H25N3O/c1-9-6-10(2)18-14(9)16(20)19-15-11-4-3-5-12(15)8-13(17)7-11/h6,11-13,15,18H,3-5,7-8,17H2,1-2H3,(H,19,20). The van der Waals surface area contributed by atoms with Gasteiger partial charge in [0.2, 0.25) is 0 Å². The fourth-order valence-corrected chi connectivity index (χ4v) is 4.21. The fourth-order valence-electron chi connectivity index (χ4n) is 4.21. The van der Waals surface area contributed by atoms with Crippen LogP contribution in [0.5, 0.6) is 0 Å². The molecule has 110 valence electrons. The van der Waals surface area contributed by atoms with Crippen LogP contribution in [0.15, 0.2) is 6.07 Å². The summed E-state index contributed by atoms with van der Waals surface area (Å²) in [6.07, 6.45) is 5.82. The number of amides is 1. The van der Waals surface area contributed by atoms with E-state index < -0.39 is 0 Å². The summed E-state index contributed by atoms with van der Waals surface area (Å²) in [4.78, 5) is 15.7. The smallest absolute Gasteiger partial charge is 0.268 e. The molecular formula is C16H25N3O. The highest BCUT2D eigenvalue weighted by Crippen LogP contribution is 2.39. The number of carbonyl (C=O) groups excluding carboxylic acids is 1. The van der Waals surface area contributed by atoms with Crippen molar-refractivity contribution in [1.82, 2.24) is 10.3 Å². The molecule has 1 aromatic heterocycles. The monoisotopic (exact) mass is 275 g/mol. The number of fused-ring (bicyclic) bond motifs is 2. The van der Waals surface area contributed by atoms with Crippen LogP contribution in [0, 0.1) is 25.7 Å². The van der Waals surface area contributed by atoms with Crippen molar-refractivity contribution in [1.29, 1.82) is 0 Å². The largest absolute Gasteiger partial charge is 0.354 e. The minimum absolute atomic E-state index is 0.0490. The number of hydrogen-bond donors (Lipinski definition) is 3. The molecule has 2 fully saturated rings. The molecule has 4 nitrogen and oxygen atoms in total. The van der Waals surface area contributed by atoms with Crippen molar-refractivity contribution >= 4 is 5.91 Å². The SMILES string of the molecule is Cc1cc(C)c(C(=O)NC2C3CCCC2CC(N)C3)[nH]1. The molecule has 1 aromatic rings. The Balaban J connectivity index is 1.74. The lowest BCUT2D eigenvalue weighted by molar-refractivity contribution is 0.0751.